The van der Waals surface area contributed by atoms with E-state index in [1.165, 1.54) is 11.1 Å². The highest BCUT2D eigenvalue weighted by molar-refractivity contribution is 5.88. The number of ketones is 1. The molecule has 0 spiro atoms. The summed E-state index contributed by atoms with van der Waals surface area (Å²) in [7, 11) is 0. The van der Waals surface area contributed by atoms with Crippen LogP contribution in [0, 0.1) is 5.92 Å². The fraction of sp³-hybridized carbons (Fsp3) is 0.462. The molecular formula is C13H17NO. The molecule has 1 aromatic carbocycles. The highest BCUT2D eigenvalue weighted by atomic mass is 16.1. The first-order valence-electron chi connectivity index (χ1n) is 5.59. The van der Waals surface area contributed by atoms with Gasteiger partial charge in [0.1, 0.15) is 0 Å². The molecule has 2 heteroatoms. The summed E-state index contributed by atoms with van der Waals surface area (Å²) in [6, 6.07) is 8.10. The molecule has 0 bridgehead atoms. The molecule has 0 saturated heterocycles. The zero-order valence-corrected chi connectivity index (χ0v) is 9.29. The minimum absolute atomic E-state index is 0.0730. The van der Waals surface area contributed by atoms with Crippen molar-refractivity contribution in [3.8, 4) is 0 Å². The van der Waals surface area contributed by atoms with Crippen LogP contribution in [0.15, 0.2) is 24.3 Å². The quantitative estimate of drug-likeness (QED) is 0.817. The van der Waals surface area contributed by atoms with Gasteiger partial charge in [-0.25, -0.2) is 0 Å². The number of carbonyl (C=O) groups is 1. The fourth-order valence-corrected chi connectivity index (χ4v) is 2.04. The van der Waals surface area contributed by atoms with Gasteiger partial charge >= 0.3 is 0 Å². The first-order chi connectivity index (χ1) is 7.24. The third kappa shape index (κ3) is 1.82. The van der Waals surface area contributed by atoms with Crippen molar-refractivity contribution < 1.29 is 4.79 Å². The third-order valence-electron chi connectivity index (χ3n) is 3.25. The number of carbonyl (C=O) groups excluding carboxylic acids is 1. The Bertz CT molecular complexity index is 373. The molecular weight excluding hydrogens is 186 g/mol. The van der Waals surface area contributed by atoms with Crippen LogP contribution < -0.4 is 5.32 Å². The lowest BCUT2D eigenvalue weighted by Gasteiger charge is -2.15. The Morgan fingerprint density at radius 2 is 2.27 bits per heavy atom. The molecule has 1 aromatic rings. The zero-order chi connectivity index (χ0) is 10.8. The number of fused-ring (bicyclic) bond motifs is 1. The summed E-state index contributed by atoms with van der Waals surface area (Å²) in [6.07, 6.45) is 0.916. The predicted octanol–water partition coefficient (Wildman–Crippen LogP) is 2.45. The van der Waals surface area contributed by atoms with Gasteiger partial charge in [-0.2, -0.15) is 0 Å². The molecule has 2 rings (SSSR count). The lowest BCUT2D eigenvalue weighted by atomic mass is 9.93. The molecule has 1 aliphatic heterocycles. The van der Waals surface area contributed by atoms with Crippen LogP contribution in [0.25, 0.3) is 0 Å². The third-order valence-corrected chi connectivity index (χ3v) is 3.25. The van der Waals surface area contributed by atoms with Crippen molar-refractivity contribution in [1.29, 1.82) is 0 Å². The predicted molar refractivity (Wildman–Crippen MR) is 60.5 cm³/mol. The van der Waals surface area contributed by atoms with Gasteiger partial charge < -0.3 is 0 Å². The molecule has 1 N–H and O–H groups in total. The highest BCUT2D eigenvalue weighted by Gasteiger charge is 2.29. The molecule has 1 aliphatic rings. The van der Waals surface area contributed by atoms with Crippen LogP contribution in [-0.4, -0.2) is 5.78 Å². The monoisotopic (exact) mass is 203 g/mol. The first kappa shape index (κ1) is 10.4. The first-order valence-corrected chi connectivity index (χ1v) is 5.59. The normalized spacial score (nSPS) is 21.1. The molecule has 0 amide bonds. The minimum Gasteiger partial charge on any atom is -0.300 e. The maximum atomic E-state index is 12.1. The number of hydrogen-bond acceptors (Lipinski definition) is 2. The largest absolute Gasteiger partial charge is 0.300 e. The van der Waals surface area contributed by atoms with E-state index in [0.717, 1.165) is 13.0 Å². The summed E-state index contributed by atoms with van der Waals surface area (Å²) in [5.74, 6) is 0.469. The number of hydrogen-bond donors (Lipinski definition) is 1. The molecule has 0 aliphatic carbocycles. The van der Waals surface area contributed by atoms with E-state index < -0.39 is 0 Å². The van der Waals surface area contributed by atoms with E-state index in [-0.39, 0.29) is 12.0 Å². The Kier molecular flexibility index (Phi) is 2.87. The van der Waals surface area contributed by atoms with Crippen molar-refractivity contribution in [1.82, 2.24) is 5.32 Å². The van der Waals surface area contributed by atoms with E-state index in [4.69, 9.17) is 0 Å². The number of nitrogens with one attached hydrogen (secondary N) is 1. The van der Waals surface area contributed by atoms with Gasteiger partial charge in [-0.1, -0.05) is 38.1 Å². The van der Waals surface area contributed by atoms with Gasteiger partial charge in [0, 0.05) is 12.5 Å². The lowest BCUT2D eigenvalue weighted by Crippen LogP contribution is -2.26. The summed E-state index contributed by atoms with van der Waals surface area (Å²) < 4.78 is 0. The molecule has 0 radical (unpaired) electrons. The number of Topliss-reactive ketones (excluding diaryl/α,β-unsaturated/α-hetero) is 1. The SMILES string of the molecule is CCC(C)C(=O)C1NCc2ccccc21. The zero-order valence-electron chi connectivity index (χ0n) is 9.29. The van der Waals surface area contributed by atoms with E-state index in [2.05, 4.69) is 24.4 Å². The fourth-order valence-electron chi connectivity index (χ4n) is 2.04. The Balaban J connectivity index is 2.24. The van der Waals surface area contributed by atoms with Crippen LogP contribution in [-0.2, 0) is 11.3 Å². The van der Waals surface area contributed by atoms with Crippen molar-refractivity contribution in [3.63, 3.8) is 0 Å². The molecule has 2 nitrogen and oxygen atoms in total. The van der Waals surface area contributed by atoms with Gasteiger partial charge in [0.2, 0.25) is 0 Å². The summed E-state index contributed by atoms with van der Waals surface area (Å²) in [5.41, 5.74) is 2.43. The van der Waals surface area contributed by atoms with E-state index in [1.807, 2.05) is 19.1 Å². The van der Waals surface area contributed by atoms with Gasteiger partial charge in [-0.05, 0) is 17.5 Å². The number of benzene rings is 1. The van der Waals surface area contributed by atoms with Crippen molar-refractivity contribution >= 4 is 5.78 Å². The van der Waals surface area contributed by atoms with E-state index in [1.54, 1.807) is 0 Å². The smallest absolute Gasteiger partial charge is 0.157 e. The molecule has 1 heterocycles. The lowest BCUT2D eigenvalue weighted by molar-refractivity contribution is -0.124. The maximum absolute atomic E-state index is 12.1. The van der Waals surface area contributed by atoms with Crippen molar-refractivity contribution in [2.75, 3.05) is 0 Å². The van der Waals surface area contributed by atoms with Crippen LogP contribution in [0.5, 0.6) is 0 Å². The Morgan fingerprint density at radius 1 is 1.53 bits per heavy atom. The van der Waals surface area contributed by atoms with Gasteiger partial charge in [-0.3, -0.25) is 10.1 Å². The van der Waals surface area contributed by atoms with Crippen molar-refractivity contribution in [2.45, 2.75) is 32.9 Å². The number of rotatable bonds is 3. The van der Waals surface area contributed by atoms with Crippen LogP contribution in [0.4, 0.5) is 0 Å². The minimum atomic E-state index is -0.0730. The summed E-state index contributed by atoms with van der Waals surface area (Å²) in [4.78, 5) is 12.1. The standard InChI is InChI=1S/C13H17NO/c1-3-9(2)13(15)12-11-7-5-4-6-10(11)8-14-12/h4-7,9,12,14H,3,8H2,1-2H3. The molecule has 15 heavy (non-hydrogen) atoms. The topological polar surface area (TPSA) is 29.1 Å². The van der Waals surface area contributed by atoms with Crippen LogP contribution in [0.2, 0.25) is 0 Å². The second kappa shape index (κ2) is 4.15. The average molecular weight is 203 g/mol. The Morgan fingerprint density at radius 3 is 3.00 bits per heavy atom. The molecule has 2 atom stereocenters. The average Bonchev–Trinajstić information content (AvgIpc) is 2.70. The van der Waals surface area contributed by atoms with Crippen molar-refractivity contribution in [3.05, 3.63) is 35.4 Å². The Hall–Kier alpha value is -1.15. The summed E-state index contributed by atoms with van der Waals surface area (Å²) in [5, 5.41) is 3.29. The molecule has 0 saturated carbocycles. The van der Waals surface area contributed by atoms with Crippen molar-refractivity contribution in [2.24, 2.45) is 5.92 Å². The van der Waals surface area contributed by atoms with E-state index in [9.17, 15) is 4.79 Å². The molecule has 0 aromatic heterocycles. The van der Waals surface area contributed by atoms with E-state index >= 15 is 0 Å². The Labute approximate surface area is 90.7 Å². The van der Waals surface area contributed by atoms with E-state index in [0.29, 0.717) is 5.78 Å². The summed E-state index contributed by atoms with van der Waals surface area (Å²) >= 11 is 0. The highest BCUT2D eigenvalue weighted by Crippen LogP contribution is 2.28. The van der Waals surface area contributed by atoms with Gasteiger partial charge in [0.25, 0.3) is 0 Å². The summed E-state index contributed by atoms with van der Waals surface area (Å²) in [6.45, 7) is 4.89. The second-order valence-corrected chi connectivity index (χ2v) is 4.22. The van der Waals surface area contributed by atoms with Crippen LogP contribution in [0.3, 0.4) is 0 Å². The van der Waals surface area contributed by atoms with Crippen LogP contribution in [0.1, 0.15) is 37.4 Å². The second-order valence-electron chi connectivity index (χ2n) is 4.22. The molecule has 2 unspecified atom stereocenters. The molecule has 80 valence electrons. The van der Waals surface area contributed by atoms with Gasteiger partial charge in [0.15, 0.2) is 5.78 Å². The molecule has 0 fully saturated rings. The van der Waals surface area contributed by atoms with Gasteiger partial charge in [-0.15, -0.1) is 0 Å². The van der Waals surface area contributed by atoms with Crippen LogP contribution >= 0.6 is 0 Å². The maximum Gasteiger partial charge on any atom is 0.157 e. The van der Waals surface area contributed by atoms with Gasteiger partial charge in [0.05, 0.1) is 6.04 Å².